The predicted molar refractivity (Wildman–Crippen MR) is 56.4 cm³/mol. The van der Waals surface area contributed by atoms with Crippen LogP contribution in [0.4, 0.5) is 0 Å². The van der Waals surface area contributed by atoms with Crippen molar-refractivity contribution < 1.29 is 0 Å². The Kier molecular flexibility index (Phi) is 3.08. The maximum absolute atomic E-state index is 3.68. The minimum atomic E-state index is 0.526. The summed E-state index contributed by atoms with van der Waals surface area (Å²) in [5, 5.41) is 0. The van der Waals surface area contributed by atoms with Crippen molar-refractivity contribution in [3.63, 3.8) is 0 Å². The van der Waals surface area contributed by atoms with E-state index in [0.29, 0.717) is 5.41 Å². The fourth-order valence-electron chi connectivity index (χ4n) is 2.88. The van der Waals surface area contributed by atoms with Crippen molar-refractivity contribution in [2.45, 2.75) is 64.2 Å². The van der Waals surface area contributed by atoms with Crippen molar-refractivity contribution in [2.75, 3.05) is 0 Å². The van der Waals surface area contributed by atoms with Gasteiger partial charge in [0.1, 0.15) is 0 Å². The highest BCUT2D eigenvalue weighted by Gasteiger charge is 2.28. The first-order chi connectivity index (χ1) is 6.41. The van der Waals surface area contributed by atoms with E-state index >= 15 is 0 Å². The zero-order chi connectivity index (χ0) is 8.99. The minimum Gasteiger partial charge on any atom is -0.0805 e. The van der Waals surface area contributed by atoms with Gasteiger partial charge in [0.05, 0.1) is 0 Å². The van der Waals surface area contributed by atoms with Gasteiger partial charge in [0.2, 0.25) is 0 Å². The summed E-state index contributed by atoms with van der Waals surface area (Å²) in [5.41, 5.74) is 0.526. The maximum Gasteiger partial charge on any atom is -0.00472 e. The third-order valence-corrected chi connectivity index (χ3v) is 3.72. The molecule has 0 atom stereocenters. The molecule has 1 radical (unpaired) electrons. The molecule has 13 heavy (non-hydrogen) atoms. The van der Waals surface area contributed by atoms with Gasteiger partial charge in [-0.05, 0) is 43.6 Å². The van der Waals surface area contributed by atoms with Crippen LogP contribution >= 0.6 is 0 Å². The molecule has 0 unspecified atom stereocenters. The molecule has 0 heteroatoms. The Morgan fingerprint density at radius 3 is 2.00 bits per heavy atom. The zero-order valence-corrected chi connectivity index (χ0v) is 8.65. The number of allylic oxidation sites excluding steroid dienone is 2. The zero-order valence-electron chi connectivity index (χ0n) is 8.65. The second-order valence-electron chi connectivity index (χ2n) is 4.79. The summed E-state index contributed by atoms with van der Waals surface area (Å²) in [4.78, 5) is 0. The molecule has 0 bridgehead atoms. The SMILES string of the molecule is [C]1=CCCCC12CCCCCCC2. The smallest absolute Gasteiger partial charge is 0.00472 e. The molecule has 2 aliphatic carbocycles. The van der Waals surface area contributed by atoms with E-state index in [1.807, 2.05) is 0 Å². The predicted octanol–water partition coefficient (Wildman–Crippen LogP) is 4.26. The normalized spacial score (nSPS) is 28.3. The average molecular weight is 177 g/mol. The van der Waals surface area contributed by atoms with Gasteiger partial charge in [-0.15, -0.1) is 0 Å². The van der Waals surface area contributed by atoms with Crippen LogP contribution in [0.2, 0.25) is 0 Å². The molecule has 2 rings (SSSR count). The highest BCUT2D eigenvalue weighted by molar-refractivity contribution is 4.97. The Morgan fingerprint density at radius 1 is 0.769 bits per heavy atom. The van der Waals surface area contributed by atoms with Crippen molar-refractivity contribution in [1.29, 1.82) is 0 Å². The van der Waals surface area contributed by atoms with Crippen LogP contribution in [-0.4, -0.2) is 0 Å². The lowest BCUT2D eigenvalue weighted by atomic mass is 9.71. The Hall–Kier alpha value is -0.260. The molecule has 0 aromatic carbocycles. The Morgan fingerprint density at radius 2 is 1.38 bits per heavy atom. The summed E-state index contributed by atoms with van der Waals surface area (Å²) in [6, 6.07) is 0. The lowest BCUT2D eigenvalue weighted by molar-refractivity contribution is 0.235. The Labute approximate surface area is 82.4 Å². The van der Waals surface area contributed by atoms with Crippen LogP contribution in [0.3, 0.4) is 0 Å². The fraction of sp³-hybridized carbons (Fsp3) is 0.846. The van der Waals surface area contributed by atoms with Gasteiger partial charge in [0, 0.05) is 0 Å². The highest BCUT2D eigenvalue weighted by atomic mass is 14.3. The molecule has 1 spiro atoms. The third-order valence-electron chi connectivity index (χ3n) is 3.72. The quantitative estimate of drug-likeness (QED) is 0.518. The first-order valence-electron chi connectivity index (χ1n) is 6.01. The van der Waals surface area contributed by atoms with Gasteiger partial charge in [-0.2, -0.15) is 0 Å². The first-order valence-corrected chi connectivity index (χ1v) is 6.01. The van der Waals surface area contributed by atoms with E-state index in [9.17, 15) is 0 Å². The van der Waals surface area contributed by atoms with Gasteiger partial charge in [-0.1, -0.05) is 38.2 Å². The van der Waals surface area contributed by atoms with E-state index in [0.717, 1.165) is 0 Å². The lowest BCUT2D eigenvalue weighted by Gasteiger charge is -2.34. The average Bonchev–Trinajstić information content (AvgIpc) is 2.14. The van der Waals surface area contributed by atoms with E-state index in [2.05, 4.69) is 12.2 Å². The highest BCUT2D eigenvalue weighted by Crippen LogP contribution is 2.41. The van der Waals surface area contributed by atoms with E-state index in [1.165, 1.54) is 64.2 Å². The van der Waals surface area contributed by atoms with Crippen LogP contribution in [0.1, 0.15) is 64.2 Å². The number of hydrogen-bond donors (Lipinski definition) is 0. The monoisotopic (exact) mass is 177 g/mol. The van der Waals surface area contributed by atoms with Crippen LogP contribution in [0, 0.1) is 11.5 Å². The van der Waals surface area contributed by atoms with Crippen molar-refractivity contribution in [3.05, 3.63) is 12.2 Å². The van der Waals surface area contributed by atoms with Crippen LogP contribution < -0.4 is 0 Å². The fourth-order valence-corrected chi connectivity index (χ4v) is 2.88. The third kappa shape index (κ3) is 2.36. The lowest BCUT2D eigenvalue weighted by Crippen LogP contribution is -2.22. The van der Waals surface area contributed by atoms with Crippen molar-refractivity contribution in [1.82, 2.24) is 0 Å². The summed E-state index contributed by atoms with van der Waals surface area (Å²) in [5.74, 6) is 0. The summed E-state index contributed by atoms with van der Waals surface area (Å²) in [6.45, 7) is 0. The maximum atomic E-state index is 3.68. The molecule has 73 valence electrons. The molecule has 0 amide bonds. The van der Waals surface area contributed by atoms with Crippen LogP contribution in [0.15, 0.2) is 6.08 Å². The van der Waals surface area contributed by atoms with Crippen molar-refractivity contribution in [2.24, 2.45) is 5.41 Å². The standard InChI is InChI=1S/C13H21/c1-2-5-9-13(10-6-3-1)11-7-4-8-12-13/h7H,1-6,8-10,12H2. The molecule has 0 aromatic heterocycles. The van der Waals surface area contributed by atoms with E-state index < -0.39 is 0 Å². The molecule has 1 saturated carbocycles. The molecule has 2 aliphatic rings. The van der Waals surface area contributed by atoms with Crippen LogP contribution in [0.25, 0.3) is 0 Å². The van der Waals surface area contributed by atoms with Crippen LogP contribution in [0.5, 0.6) is 0 Å². The van der Waals surface area contributed by atoms with E-state index in [1.54, 1.807) is 0 Å². The molecule has 0 aliphatic heterocycles. The Bertz CT molecular complexity index is 170. The summed E-state index contributed by atoms with van der Waals surface area (Å²) in [7, 11) is 0. The van der Waals surface area contributed by atoms with Gasteiger partial charge in [-0.3, -0.25) is 0 Å². The molecule has 1 fully saturated rings. The van der Waals surface area contributed by atoms with E-state index in [4.69, 9.17) is 0 Å². The molecule has 0 heterocycles. The Balaban J connectivity index is 1.99. The van der Waals surface area contributed by atoms with Crippen LogP contribution in [-0.2, 0) is 0 Å². The molecule has 0 saturated heterocycles. The second-order valence-corrected chi connectivity index (χ2v) is 4.79. The molecule has 0 nitrogen and oxygen atoms in total. The van der Waals surface area contributed by atoms with Gasteiger partial charge in [0.15, 0.2) is 0 Å². The van der Waals surface area contributed by atoms with E-state index in [-0.39, 0.29) is 0 Å². The molecule has 0 aromatic rings. The second kappa shape index (κ2) is 4.30. The van der Waals surface area contributed by atoms with Crippen molar-refractivity contribution in [3.8, 4) is 0 Å². The topological polar surface area (TPSA) is 0 Å². The number of hydrogen-bond acceptors (Lipinski definition) is 0. The first kappa shape index (κ1) is 9.30. The van der Waals surface area contributed by atoms with Gasteiger partial charge in [0.25, 0.3) is 0 Å². The molecule has 0 N–H and O–H groups in total. The summed E-state index contributed by atoms with van der Waals surface area (Å²) in [6.07, 6.45) is 20.2. The molecular formula is C13H21. The molecular weight excluding hydrogens is 156 g/mol. The number of rotatable bonds is 0. The minimum absolute atomic E-state index is 0.526. The van der Waals surface area contributed by atoms with Gasteiger partial charge in [-0.25, -0.2) is 0 Å². The summed E-state index contributed by atoms with van der Waals surface area (Å²) >= 11 is 0. The van der Waals surface area contributed by atoms with Gasteiger partial charge < -0.3 is 0 Å². The van der Waals surface area contributed by atoms with Crippen molar-refractivity contribution >= 4 is 0 Å². The largest absolute Gasteiger partial charge is 0.0805 e. The van der Waals surface area contributed by atoms with Gasteiger partial charge >= 0.3 is 0 Å². The summed E-state index contributed by atoms with van der Waals surface area (Å²) < 4.78 is 0.